The fourth-order valence-electron chi connectivity index (χ4n) is 4.17. The number of hydrogen-bond donors (Lipinski definition) is 0. The highest BCUT2D eigenvalue weighted by Crippen LogP contribution is 2.70. The summed E-state index contributed by atoms with van der Waals surface area (Å²) in [5.74, 6) is 0.492. The molecule has 1 aliphatic carbocycles. The Morgan fingerprint density at radius 3 is 1.88 bits per heavy atom. The molecule has 1 aliphatic heterocycles. The van der Waals surface area contributed by atoms with Crippen molar-refractivity contribution >= 4 is 13.7 Å². The van der Waals surface area contributed by atoms with Gasteiger partial charge in [-0.05, 0) is 28.8 Å². The predicted molar refractivity (Wildman–Crippen MR) is 71.6 cm³/mol. The minimum atomic E-state index is -0.00684. The molecule has 2 rings (SSSR count). The Morgan fingerprint density at radius 1 is 1.00 bits per heavy atom. The summed E-state index contributed by atoms with van der Waals surface area (Å²) >= 11 is 0. The van der Waals surface area contributed by atoms with Crippen molar-refractivity contribution in [2.75, 3.05) is 0 Å². The van der Waals surface area contributed by atoms with Crippen LogP contribution in [0.5, 0.6) is 0 Å². The average Bonchev–Trinajstić information content (AvgIpc) is 2.50. The number of Topliss-reactive ketones (excluding diaryl/α,β-unsaturated/α-hetero) is 1. The van der Waals surface area contributed by atoms with Gasteiger partial charge in [0.2, 0.25) is 0 Å². The Kier molecular flexibility index (Phi) is 3.21. The summed E-state index contributed by atoms with van der Waals surface area (Å²) in [7, 11) is -0.00684. The first-order chi connectivity index (χ1) is 7.33. The quantitative estimate of drug-likeness (QED) is 0.623. The predicted octanol–water partition coefficient (Wildman–Crippen LogP) is 4.33. The summed E-state index contributed by atoms with van der Waals surface area (Å²) in [6.45, 7) is 9.37. The van der Waals surface area contributed by atoms with Gasteiger partial charge in [0.05, 0.1) is 0 Å². The first kappa shape index (κ1) is 12.6. The lowest BCUT2D eigenvalue weighted by Gasteiger charge is -2.52. The van der Waals surface area contributed by atoms with Crippen LogP contribution in [0.3, 0.4) is 0 Å². The molecule has 0 bridgehead atoms. The standard InChI is InChI=1S/C14H25OP/c1-13(2)9-11(15)10-14(3,4)16(13)12-7-5-6-8-12/h12H,5-10H2,1-4H3. The summed E-state index contributed by atoms with van der Waals surface area (Å²) in [5.41, 5.74) is 0.938. The van der Waals surface area contributed by atoms with E-state index in [1.807, 2.05) is 0 Å². The molecule has 16 heavy (non-hydrogen) atoms. The van der Waals surface area contributed by atoms with Gasteiger partial charge in [-0.3, -0.25) is 4.79 Å². The molecule has 1 heterocycles. The maximum Gasteiger partial charge on any atom is 0.134 e. The maximum atomic E-state index is 11.9. The van der Waals surface area contributed by atoms with Gasteiger partial charge in [-0.15, -0.1) is 0 Å². The molecule has 0 aromatic rings. The van der Waals surface area contributed by atoms with E-state index in [4.69, 9.17) is 0 Å². The van der Waals surface area contributed by atoms with Crippen molar-refractivity contribution in [3.05, 3.63) is 0 Å². The van der Waals surface area contributed by atoms with Gasteiger partial charge in [0.15, 0.2) is 0 Å². The van der Waals surface area contributed by atoms with Gasteiger partial charge in [-0.2, -0.15) is 0 Å². The SMILES string of the molecule is CC1(C)CC(=O)CC(C)(C)P1C1CCCC1. The van der Waals surface area contributed by atoms with Gasteiger partial charge in [-0.25, -0.2) is 0 Å². The molecule has 2 fully saturated rings. The first-order valence-electron chi connectivity index (χ1n) is 6.64. The second-order valence-corrected chi connectivity index (χ2v) is 10.7. The lowest BCUT2D eigenvalue weighted by Crippen LogP contribution is -2.42. The van der Waals surface area contributed by atoms with Gasteiger partial charge in [0.1, 0.15) is 5.78 Å². The van der Waals surface area contributed by atoms with Crippen LogP contribution >= 0.6 is 7.92 Å². The van der Waals surface area contributed by atoms with E-state index in [0.29, 0.717) is 5.78 Å². The molecule has 0 aromatic carbocycles. The minimum absolute atomic E-state index is 0.00684. The molecule has 0 spiro atoms. The van der Waals surface area contributed by atoms with E-state index >= 15 is 0 Å². The number of carbonyl (C=O) groups excluding carboxylic acids is 1. The third-order valence-electron chi connectivity index (χ3n) is 4.25. The lowest BCUT2D eigenvalue weighted by molar-refractivity contribution is -0.120. The van der Waals surface area contributed by atoms with Crippen LogP contribution in [0.25, 0.3) is 0 Å². The highest BCUT2D eigenvalue weighted by Gasteiger charge is 2.50. The molecule has 2 heteroatoms. The number of rotatable bonds is 1. The molecule has 0 radical (unpaired) electrons. The third kappa shape index (κ3) is 2.21. The zero-order valence-corrected chi connectivity index (χ0v) is 12.1. The van der Waals surface area contributed by atoms with Crippen LogP contribution in [0.4, 0.5) is 0 Å². The van der Waals surface area contributed by atoms with Crippen molar-refractivity contribution in [1.82, 2.24) is 0 Å². The Morgan fingerprint density at radius 2 is 1.44 bits per heavy atom. The number of ketones is 1. The number of hydrogen-bond acceptors (Lipinski definition) is 1. The van der Waals surface area contributed by atoms with E-state index < -0.39 is 0 Å². The number of carbonyl (C=O) groups is 1. The monoisotopic (exact) mass is 240 g/mol. The molecule has 1 nitrogen and oxygen atoms in total. The normalized spacial score (nSPS) is 30.9. The molecule has 1 saturated carbocycles. The van der Waals surface area contributed by atoms with Crippen molar-refractivity contribution in [3.63, 3.8) is 0 Å². The van der Waals surface area contributed by atoms with Crippen LogP contribution < -0.4 is 0 Å². The smallest absolute Gasteiger partial charge is 0.134 e. The molecule has 0 N–H and O–H groups in total. The molecule has 2 aliphatic rings. The molecule has 0 aromatic heterocycles. The van der Waals surface area contributed by atoms with Crippen molar-refractivity contribution in [2.45, 2.75) is 82.2 Å². The summed E-state index contributed by atoms with van der Waals surface area (Å²) in [6.07, 6.45) is 7.35. The molecular formula is C14H25OP. The molecule has 1 saturated heterocycles. The highest BCUT2D eigenvalue weighted by molar-refractivity contribution is 7.61. The fraction of sp³-hybridized carbons (Fsp3) is 0.929. The summed E-state index contributed by atoms with van der Waals surface area (Å²) < 4.78 is 0. The molecule has 0 unspecified atom stereocenters. The maximum absolute atomic E-state index is 11.9. The fourth-order valence-corrected chi connectivity index (χ4v) is 9.36. The van der Waals surface area contributed by atoms with E-state index in [0.717, 1.165) is 18.5 Å². The Balaban J connectivity index is 2.27. The van der Waals surface area contributed by atoms with Gasteiger partial charge in [0, 0.05) is 12.8 Å². The third-order valence-corrected chi connectivity index (χ3v) is 8.43. The zero-order chi connectivity index (χ0) is 12.0. The second kappa shape index (κ2) is 4.09. The minimum Gasteiger partial charge on any atom is -0.300 e. The van der Waals surface area contributed by atoms with Crippen LogP contribution in [0, 0.1) is 0 Å². The van der Waals surface area contributed by atoms with Crippen LogP contribution in [0.1, 0.15) is 66.2 Å². The topological polar surface area (TPSA) is 17.1 Å². The van der Waals surface area contributed by atoms with Crippen molar-refractivity contribution in [3.8, 4) is 0 Å². The Hall–Kier alpha value is 0.100. The van der Waals surface area contributed by atoms with E-state index in [9.17, 15) is 4.79 Å². The van der Waals surface area contributed by atoms with Gasteiger partial charge >= 0.3 is 0 Å². The highest BCUT2D eigenvalue weighted by atomic mass is 31.1. The van der Waals surface area contributed by atoms with Crippen LogP contribution in [-0.2, 0) is 4.79 Å². The lowest BCUT2D eigenvalue weighted by atomic mass is 9.96. The zero-order valence-electron chi connectivity index (χ0n) is 11.2. The summed E-state index contributed by atoms with van der Waals surface area (Å²) in [6, 6.07) is 0. The molecule has 92 valence electrons. The first-order valence-corrected chi connectivity index (χ1v) is 8.05. The van der Waals surface area contributed by atoms with E-state index in [1.165, 1.54) is 25.7 Å². The Labute approximate surface area is 101 Å². The van der Waals surface area contributed by atoms with Crippen LogP contribution in [0.2, 0.25) is 0 Å². The van der Waals surface area contributed by atoms with Crippen LogP contribution in [-0.4, -0.2) is 21.8 Å². The van der Waals surface area contributed by atoms with E-state index in [2.05, 4.69) is 27.7 Å². The largest absolute Gasteiger partial charge is 0.300 e. The van der Waals surface area contributed by atoms with Crippen molar-refractivity contribution in [1.29, 1.82) is 0 Å². The van der Waals surface area contributed by atoms with E-state index in [1.54, 1.807) is 0 Å². The molecular weight excluding hydrogens is 215 g/mol. The van der Waals surface area contributed by atoms with Gasteiger partial charge in [-0.1, -0.05) is 48.5 Å². The molecule has 0 atom stereocenters. The average molecular weight is 240 g/mol. The summed E-state index contributed by atoms with van der Waals surface area (Å²) in [4.78, 5) is 11.9. The van der Waals surface area contributed by atoms with Crippen molar-refractivity contribution in [2.24, 2.45) is 0 Å². The Bertz CT molecular complexity index is 267. The molecule has 0 amide bonds. The van der Waals surface area contributed by atoms with Crippen molar-refractivity contribution < 1.29 is 4.79 Å². The van der Waals surface area contributed by atoms with E-state index in [-0.39, 0.29) is 18.2 Å². The van der Waals surface area contributed by atoms with Crippen LogP contribution in [0.15, 0.2) is 0 Å². The van der Waals surface area contributed by atoms with Gasteiger partial charge < -0.3 is 0 Å². The summed E-state index contributed by atoms with van der Waals surface area (Å²) in [5, 5.41) is 0.562. The van der Waals surface area contributed by atoms with Gasteiger partial charge in [0.25, 0.3) is 0 Å². The second-order valence-electron chi connectivity index (χ2n) is 6.83.